The molecule has 0 amide bonds. The number of esters is 1. The summed E-state index contributed by atoms with van der Waals surface area (Å²) < 4.78 is 6.85. The molecule has 6 heteroatoms. The number of aryl methyl sites for hydroxylation is 1. The van der Waals surface area contributed by atoms with E-state index in [0.29, 0.717) is 5.82 Å². The van der Waals surface area contributed by atoms with Crippen molar-refractivity contribution in [3.8, 4) is 0 Å². The Morgan fingerprint density at radius 2 is 2.12 bits per heavy atom. The third-order valence-corrected chi connectivity index (χ3v) is 4.03. The Morgan fingerprint density at radius 1 is 1.33 bits per heavy atom. The van der Waals surface area contributed by atoms with Gasteiger partial charge in [0.25, 0.3) is 0 Å². The van der Waals surface area contributed by atoms with E-state index in [9.17, 15) is 9.59 Å². The van der Waals surface area contributed by atoms with E-state index in [0.717, 1.165) is 16.5 Å². The van der Waals surface area contributed by atoms with Crippen molar-refractivity contribution in [2.45, 2.75) is 19.3 Å². The summed E-state index contributed by atoms with van der Waals surface area (Å²) in [6.07, 6.45) is 5.07. The molecule has 124 valence electrons. The molecule has 1 atom stereocenters. The van der Waals surface area contributed by atoms with Gasteiger partial charge >= 0.3 is 5.97 Å². The molecule has 0 bridgehead atoms. The highest BCUT2D eigenvalue weighted by Crippen LogP contribution is 2.30. The molecule has 0 aliphatic rings. The monoisotopic (exact) mass is 325 g/mol. The summed E-state index contributed by atoms with van der Waals surface area (Å²) >= 11 is 0. The highest BCUT2D eigenvalue weighted by Gasteiger charge is 2.29. The van der Waals surface area contributed by atoms with Crippen molar-refractivity contribution in [1.82, 2.24) is 14.5 Å². The van der Waals surface area contributed by atoms with Gasteiger partial charge in [0.2, 0.25) is 0 Å². The second-order valence-electron chi connectivity index (χ2n) is 5.58. The van der Waals surface area contributed by atoms with Gasteiger partial charge in [-0.15, -0.1) is 0 Å². The predicted molar refractivity (Wildman–Crippen MR) is 89.8 cm³/mol. The van der Waals surface area contributed by atoms with Crippen LogP contribution in [0, 0.1) is 0 Å². The first kappa shape index (κ1) is 16.0. The zero-order valence-electron chi connectivity index (χ0n) is 13.7. The summed E-state index contributed by atoms with van der Waals surface area (Å²) in [5.41, 5.74) is 1.69. The van der Waals surface area contributed by atoms with Crippen LogP contribution in [0.25, 0.3) is 10.9 Å². The maximum absolute atomic E-state index is 12.6. The van der Waals surface area contributed by atoms with Gasteiger partial charge in [0.15, 0.2) is 11.6 Å². The molecule has 0 fully saturated rings. The van der Waals surface area contributed by atoms with Crippen LogP contribution < -0.4 is 0 Å². The van der Waals surface area contributed by atoms with Crippen LogP contribution in [0.2, 0.25) is 0 Å². The molecule has 6 nitrogen and oxygen atoms in total. The molecular weight excluding hydrogens is 306 g/mol. The number of ether oxygens (including phenoxy) is 1. The molecule has 0 saturated heterocycles. The summed E-state index contributed by atoms with van der Waals surface area (Å²) in [7, 11) is 1.76. The zero-order valence-corrected chi connectivity index (χ0v) is 13.7. The van der Waals surface area contributed by atoms with Crippen molar-refractivity contribution in [3.05, 3.63) is 54.2 Å². The van der Waals surface area contributed by atoms with E-state index in [2.05, 4.69) is 9.97 Å². The predicted octanol–water partition coefficient (Wildman–Crippen LogP) is 2.82. The van der Waals surface area contributed by atoms with Gasteiger partial charge in [0.05, 0.1) is 12.5 Å². The number of aromatic nitrogens is 3. The van der Waals surface area contributed by atoms with Crippen LogP contribution in [-0.4, -0.2) is 32.9 Å². The van der Waals surface area contributed by atoms with Gasteiger partial charge in [0.1, 0.15) is 0 Å². The molecular formula is C18H19N3O3. The molecule has 0 spiro atoms. The zero-order chi connectivity index (χ0) is 17.1. The highest BCUT2D eigenvalue weighted by atomic mass is 16.5. The molecule has 1 aromatic carbocycles. The number of aromatic amines is 1. The minimum Gasteiger partial charge on any atom is -0.466 e. The number of imidazole rings is 1. The summed E-state index contributed by atoms with van der Waals surface area (Å²) in [6.45, 7) is 2.03. The normalized spacial score (nSPS) is 12.2. The quantitative estimate of drug-likeness (QED) is 0.558. The standard InChI is InChI=1S/C18H19N3O3/c1-3-24-18(23)13(10-16(22)17-19-8-9-21(17)2)14-11-20-15-7-5-4-6-12(14)15/h4-9,11,13,20H,3,10H2,1-2H3/t13-/m1/s1. The van der Waals surface area contributed by atoms with Gasteiger partial charge in [-0.05, 0) is 18.6 Å². The lowest BCUT2D eigenvalue weighted by Crippen LogP contribution is -2.20. The van der Waals surface area contributed by atoms with Crippen molar-refractivity contribution in [1.29, 1.82) is 0 Å². The molecule has 3 rings (SSSR count). The lowest BCUT2D eigenvalue weighted by atomic mass is 9.93. The Bertz CT molecular complexity index is 878. The van der Waals surface area contributed by atoms with Crippen LogP contribution in [0.15, 0.2) is 42.9 Å². The number of carbonyl (C=O) groups excluding carboxylic acids is 2. The minimum atomic E-state index is -0.662. The fourth-order valence-electron chi connectivity index (χ4n) is 2.86. The first-order chi connectivity index (χ1) is 11.6. The van der Waals surface area contributed by atoms with Crippen LogP contribution in [0.5, 0.6) is 0 Å². The van der Waals surface area contributed by atoms with Gasteiger partial charge in [-0.1, -0.05) is 18.2 Å². The number of para-hydroxylation sites is 1. The SMILES string of the molecule is CCOC(=O)[C@H](CC(=O)c1nccn1C)c1c[nH]c2ccccc12. The molecule has 0 radical (unpaired) electrons. The molecule has 24 heavy (non-hydrogen) atoms. The van der Waals surface area contributed by atoms with Gasteiger partial charge in [0, 0.05) is 43.0 Å². The van der Waals surface area contributed by atoms with Gasteiger partial charge in [-0.25, -0.2) is 4.98 Å². The number of nitrogens with zero attached hydrogens (tertiary/aromatic N) is 2. The summed E-state index contributed by atoms with van der Waals surface area (Å²) in [5, 5.41) is 0.920. The van der Waals surface area contributed by atoms with Crippen LogP contribution >= 0.6 is 0 Å². The maximum Gasteiger partial charge on any atom is 0.313 e. The summed E-state index contributed by atoms with van der Waals surface area (Å²) in [4.78, 5) is 32.3. The van der Waals surface area contributed by atoms with Gasteiger partial charge < -0.3 is 14.3 Å². The van der Waals surface area contributed by atoms with Crippen LogP contribution in [-0.2, 0) is 16.6 Å². The Kier molecular flexibility index (Phi) is 4.46. The average molecular weight is 325 g/mol. The molecule has 3 aromatic rings. The fraction of sp³-hybridized carbons (Fsp3) is 0.278. The number of carbonyl (C=O) groups is 2. The maximum atomic E-state index is 12.6. The van der Waals surface area contributed by atoms with E-state index in [1.54, 1.807) is 37.1 Å². The van der Waals surface area contributed by atoms with E-state index >= 15 is 0 Å². The number of hydrogen-bond acceptors (Lipinski definition) is 4. The second kappa shape index (κ2) is 6.70. The van der Waals surface area contributed by atoms with Crippen molar-refractivity contribution in [3.63, 3.8) is 0 Å². The van der Waals surface area contributed by atoms with E-state index in [4.69, 9.17) is 4.74 Å². The Morgan fingerprint density at radius 3 is 2.83 bits per heavy atom. The number of Topliss-reactive ketones (excluding diaryl/α,β-unsaturated/α-hetero) is 1. The number of hydrogen-bond donors (Lipinski definition) is 1. The Balaban J connectivity index is 1.96. The molecule has 1 N–H and O–H groups in total. The lowest BCUT2D eigenvalue weighted by Gasteiger charge is -2.14. The molecule has 0 aliphatic carbocycles. The highest BCUT2D eigenvalue weighted by molar-refractivity contribution is 5.98. The second-order valence-corrected chi connectivity index (χ2v) is 5.58. The largest absolute Gasteiger partial charge is 0.466 e. The van der Waals surface area contributed by atoms with Crippen LogP contribution in [0.3, 0.4) is 0 Å². The number of H-pyrrole nitrogens is 1. The number of nitrogens with one attached hydrogen (secondary N) is 1. The van der Waals surface area contributed by atoms with E-state index in [1.807, 2.05) is 24.3 Å². The van der Waals surface area contributed by atoms with Crippen molar-refractivity contribution < 1.29 is 14.3 Å². The first-order valence-electron chi connectivity index (χ1n) is 7.85. The van der Waals surface area contributed by atoms with E-state index in [-0.39, 0.29) is 18.8 Å². The fourth-order valence-corrected chi connectivity index (χ4v) is 2.86. The van der Waals surface area contributed by atoms with Crippen LogP contribution in [0.4, 0.5) is 0 Å². The van der Waals surface area contributed by atoms with E-state index < -0.39 is 11.9 Å². The van der Waals surface area contributed by atoms with Gasteiger partial charge in [-0.2, -0.15) is 0 Å². The molecule has 0 aliphatic heterocycles. The molecule has 2 aromatic heterocycles. The number of ketones is 1. The summed E-state index contributed by atoms with van der Waals surface area (Å²) in [6, 6.07) is 7.68. The number of benzene rings is 1. The Hall–Kier alpha value is -2.89. The molecule has 0 saturated carbocycles. The first-order valence-corrected chi connectivity index (χ1v) is 7.85. The third kappa shape index (κ3) is 2.95. The molecule has 2 heterocycles. The van der Waals surface area contributed by atoms with Crippen molar-refractivity contribution >= 4 is 22.7 Å². The Labute approximate surface area is 139 Å². The van der Waals surface area contributed by atoms with Crippen molar-refractivity contribution in [2.75, 3.05) is 6.61 Å². The molecule has 0 unspecified atom stereocenters. The number of rotatable bonds is 6. The summed E-state index contributed by atoms with van der Waals surface area (Å²) in [5.74, 6) is -0.912. The lowest BCUT2D eigenvalue weighted by molar-refractivity contribution is -0.144. The average Bonchev–Trinajstić information content (AvgIpc) is 3.19. The topological polar surface area (TPSA) is 77.0 Å². The third-order valence-electron chi connectivity index (χ3n) is 4.03. The minimum absolute atomic E-state index is 0.0194. The van der Waals surface area contributed by atoms with Gasteiger partial charge in [-0.3, -0.25) is 9.59 Å². The van der Waals surface area contributed by atoms with E-state index in [1.165, 1.54) is 0 Å². The number of fused-ring (bicyclic) bond motifs is 1. The smallest absolute Gasteiger partial charge is 0.313 e. The van der Waals surface area contributed by atoms with Crippen molar-refractivity contribution in [2.24, 2.45) is 7.05 Å². The van der Waals surface area contributed by atoms with Crippen LogP contribution in [0.1, 0.15) is 35.4 Å².